The molecule has 7 rings (SSSR count). The van der Waals surface area contributed by atoms with Crippen LogP contribution >= 0.6 is 0 Å². The first-order valence-electron chi connectivity index (χ1n) is 11.1. The van der Waals surface area contributed by atoms with E-state index in [1.807, 2.05) is 5.01 Å². The summed E-state index contributed by atoms with van der Waals surface area (Å²) in [6.45, 7) is 0. The molecule has 4 nitrogen and oxygen atoms in total. The van der Waals surface area contributed by atoms with E-state index in [-0.39, 0.29) is 12.1 Å². The number of allylic oxidation sites excluding steroid dienone is 1. The number of carbonyl (C=O) groups excluding carboxylic acids is 1. The summed E-state index contributed by atoms with van der Waals surface area (Å²) in [6, 6.07) is 0.306. The highest BCUT2D eigenvalue weighted by atomic mass is 16.2. The van der Waals surface area contributed by atoms with Gasteiger partial charge in [0.2, 0.25) is 0 Å². The second-order valence-corrected chi connectivity index (χ2v) is 10.2. The van der Waals surface area contributed by atoms with E-state index in [2.05, 4.69) is 5.32 Å². The molecular weight excluding hydrogens is 322 g/mol. The molecule has 1 N–H and O–H groups in total. The summed E-state index contributed by atoms with van der Waals surface area (Å²) in [4.78, 5) is 12.8. The van der Waals surface area contributed by atoms with Crippen molar-refractivity contribution in [2.75, 3.05) is 7.05 Å². The number of hydrogen-bond acceptors (Lipinski definition) is 2. The average Bonchev–Trinajstić information content (AvgIpc) is 3.43. The topological polar surface area (TPSA) is 44.7 Å². The van der Waals surface area contributed by atoms with E-state index in [1.165, 1.54) is 57.1 Å². The van der Waals surface area contributed by atoms with Crippen molar-refractivity contribution in [3.63, 3.8) is 0 Å². The summed E-state index contributed by atoms with van der Waals surface area (Å²) in [5, 5.41) is 9.97. The van der Waals surface area contributed by atoms with Gasteiger partial charge in [-0.25, -0.2) is 9.80 Å². The maximum Gasteiger partial charge on any atom is 0.338 e. The second-order valence-electron chi connectivity index (χ2n) is 10.2. The van der Waals surface area contributed by atoms with Gasteiger partial charge in [-0.15, -0.1) is 0 Å². The van der Waals surface area contributed by atoms with Crippen LogP contribution in [0.2, 0.25) is 0 Å². The standard InChI is InChI=1S/C22H29N3O/c1-23-22(26)25-21-15-9-5-11-3-7-13(17(11)15)19(21)18-12-6-2-10-4-8-14(16(10)12)20(18)24-25/h10-17,21H,2-9H2,1H3,(H,23,26)/t10-,11+,12+,13-,14-,15-,16+,17-,21-/m0/s1. The fourth-order valence-corrected chi connectivity index (χ4v) is 9.18. The molecule has 0 spiro atoms. The number of rotatable bonds is 0. The fraction of sp³-hybridized carbons (Fsp3) is 0.818. The summed E-state index contributed by atoms with van der Waals surface area (Å²) in [6.07, 6.45) is 11.1. The van der Waals surface area contributed by atoms with Crippen molar-refractivity contribution in [3.05, 3.63) is 11.1 Å². The Balaban J connectivity index is 1.44. The van der Waals surface area contributed by atoms with Crippen molar-refractivity contribution in [2.45, 2.75) is 57.4 Å². The van der Waals surface area contributed by atoms with Gasteiger partial charge in [-0.2, -0.15) is 5.10 Å². The van der Waals surface area contributed by atoms with Gasteiger partial charge < -0.3 is 5.32 Å². The van der Waals surface area contributed by atoms with Crippen LogP contribution in [0, 0.1) is 47.3 Å². The normalized spacial score (nSPS) is 52.1. The van der Waals surface area contributed by atoms with Crippen molar-refractivity contribution in [1.29, 1.82) is 0 Å². The largest absolute Gasteiger partial charge is 0.340 e. The van der Waals surface area contributed by atoms with Crippen LogP contribution in [0.1, 0.15) is 51.4 Å². The van der Waals surface area contributed by atoms with Crippen molar-refractivity contribution in [1.82, 2.24) is 10.3 Å². The van der Waals surface area contributed by atoms with Gasteiger partial charge in [-0.3, -0.25) is 0 Å². The SMILES string of the molecule is CNC(=O)N1N=C2C(=C3[C@H]4CC[C@@H]5CC[C@@H]([C@@H]54)[C@@H]31)[C@@H]1CC[C@H]3CC[C@H]2[C@H]31. The molecule has 9 atom stereocenters. The monoisotopic (exact) mass is 351 g/mol. The molecule has 0 unspecified atom stereocenters. The molecule has 1 heterocycles. The number of hydrogen-bond donors (Lipinski definition) is 1. The predicted molar refractivity (Wildman–Crippen MR) is 99.4 cm³/mol. The van der Waals surface area contributed by atoms with Gasteiger partial charge >= 0.3 is 6.03 Å². The van der Waals surface area contributed by atoms with Crippen molar-refractivity contribution in [3.8, 4) is 0 Å². The van der Waals surface area contributed by atoms with Crippen LogP contribution in [-0.4, -0.2) is 29.8 Å². The van der Waals surface area contributed by atoms with Gasteiger partial charge in [0, 0.05) is 13.0 Å². The number of nitrogens with zero attached hydrogens (tertiary/aromatic N) is 2. The molecule has 26 heavy (non-hydrogen) atoms. The number of urea groups is 1. The van der Waals surface area contributed by atoms with E-state index in [9.17, 15) is 4.79 Å². The average molecular weight is 351 g/mol. The first-order chi connectivity index (χ1) is 12.8. The molecule has 0 aromatic rings. The summed E-state index contributed by atoms with van der Waals surface area (Å²) in [5.74, 6) is 6.46. The molecule has 0 saturated heterocycles. The lowest BCUT2D eigenvalue weighted by atomic mass is 9.84. The fourth-order valence-electron chi connectivity index (χ4n) is 9.18. The van der Waals surface area contributed by atoms with Crippen molar-refractivity contribution >= 4 is 11.7 Å². The number of carbonyl (C=O) groups is 1. The van der Waals surface area contributed by atoms with Gasteiger partial charge in [0.05, 0.1) is 11.8 Å². The van der Waals surface area contributed by atoms with Crippen LogP contribution in [-0.2, 0) is 0 Å². The quantitative estimate of drug-likeness (QED) is 0.709. The minimum absolute atomic E-state index is 0.0223. The van der Waals surface area contributed by atoms with Crippen molar-refractivity contribution < 1.29 is 4.79 Å². The molecule has 7 aliphatic rings. The van der Waals surface area contributed by atoms with E-state index in [4.69, 9.17) is 5.10 Å². The van der Waals surface area contributed by atoms with Crippen LogP contribution in [0.5, 0.6) is 0 Å². The van der Waals surface area contributed by atoms with Gasteiger partial charge in [-0.1, -0.05) is 0 Å². The molecule has 0 bridgehead atoms. The van der Waals surface area contributed by atoms with E-state index >= 15 is 0 Å². The molecule has 6 saturated carbocycles. The van der Waals surface area contributed by atoms with Crippen molar-refractivity contribution in [2.24, 2.45) is 52.4 Å². The van der Waals surface area contributed by atoms with E-state index in [0.29, 0.717) is 11.8 Å². The number of hydrazone groups is 1. The van der Waals surface area contributed by atoms with Gasteiger partial charge in [0.25, 0.3) is 0 Å². The summed E-state index contributed by atoms with van der Waals surface area (Å²) in [5.41, 5.74) is 4.78. The van der Waals surface area contributed by atoms with Crippen LogP contribution in [0.15, 0.2) is 16.2 Å². The van der Waals surface area contributed by atoms with E-state index in [1.54, 1.807) is 18.2 Å². The number of fused-ring (bicyclic) bond motifs is 6. The molecule has 0 radical (unpaired) electrons. The minimum atomic E-state index is 0.0223. The smallest absolute Gasteiger partial charge is 0.338 e. The molecular formula is C22H29N3O. The molecule has 2 amide bonds. The lowest BCUT2D eigenvalue weighted by molar-refractivity contribution is 0.165. The van der Waals surface area contributed by atoms with Crippen LogP contribution in [0.25, 0.3) is 0 Å². The van der Waals surface area contributed by atoms with Crippen LogP contribution in [0.3, 0.4) is 0 Å². The lowest BCUT2D eigenvalue weighted by Gasteiger charge is -2.36. The number of amides is 2. The van der Waals surface area contributed by atoms with Gasteiger partial charge in [0.1, 0.15) is 0 Å². The molecule has 0 aromatic carbocycles. The van der Waals surface area contributed by atoms with Crippen LogP contribution in [0.4, 0.5) is 4.79 Å². The third-order valence-electron chi connectivity index (χ3n) is 9.73. The summed E-state index contributed by atoms with van der Waals surface area (Å²) in [7, 11) is 1.77. The maximum atomic E-state index is 12.8. The Morgan fingerprint density at radius 1 is 0.923 bits per heavy atom. The molecule has 6 aliphatic carbocycles. The minimum Gasteiger partial charge on any atom is -0.340 e. The first-order valence-corrected chi connectivity index (χ1v) is 11.1. The number of nitrogens with one attached hydrogen (secondary N) is 1. The molecule has 4 heteroatoms. The zero-order chi connectivity index (χ0) is 17.2. The van der Waals surface area contributed by atoms with Crippen LogP contribution < -0.4 is 5.32 Å². The van der Waals surface area contributed by atoms with Gasteiger partial charge in [-0.05, 0) is 104 Å². The third-order valence-corrected chi connectivity index (χ3v) is 9.73. The third kappa shape index (κ3) is 1.49. The maximum absolute atomic E-state index is 12.8. The zero-order valence-corrected chi connectivity index (χ0v) is 15.7. The summed E-state index contributed by atoms with van der Waals surface area (Å²) >= 11 is 0. The highest BCUT2D eigenvalue weighted by molar-refractivity contribution is 6.07. The Hall–Kier alpha value is -1.32. The Morgan fingerprint density at radius 2 is 1.62 bits per heavy atom. The highest BCUT2D eigenvalue weighted by Gasteiger charge is 2.64. The Morgan fingerprint density at radius 3 is 2.42 bits per heavy atom. The Labute approximate surface area is 155 Å². The molecule has 6 fully saturated rings. The highest BCUT2D eigenvalue weighted by Crippen LogP contribution is 2.67. The summed E-state index contributed by atoms with van der Waals surface area (Å²) < 4.78 is 0. The molecule has 138 valence electrons. The second kappa shape index (κ2) is 4.74. The van der Waals surface area contributed by atoms with E-state index in [0.717, 1.165) is 35.5 Å². The zero-order valence-electron chi connectivity index (χ0n) is 15.7. The first kappa shape index (κ1) is 14.7. The molecule has 0 aromatic heterocycles. The Kier molecular flexibility index (Phi) is 2.68. The van der Waals surface area contributed by atoms with E-state index < -0.39 is 0 Å². The predicted octanol–water partition coefficient (Wildman–Crippen LogP) is 3.79. The lowest BCUT2D eigenvalue weighted by Crippen LogP contribution is -2.47. The molecule has 1 aliphatic heterocycles. The van der Waals surface area contributed by atoms with Gasteiger partial charge in [0.15, 0.2) is 0 Å². The Bertz CT molecular complexity index is 769.